The first-order valence-electron chi connectivity index (χ1n) is 7.34. The number of benzene rings is 1. The smallest absolute Gasteiger partial charge is 0.251 e. The zero-order valence-corrected chi connectivity index (χ0v) is 13.0. The van der Waals surface area contributed by atoms with Gasteiger partial charge in [-0.2, -0.15) is 0 Å². The molecule has 1 aromatic carbocycles. The molecule has 1 heterocycles. The fourth-order valence-electron chi connectivity index (χ4n) is 2.54. The highest BCUT2D eigenvalue weighted by atomic mass is 35.5. The maximum absolute atomic E-state index is 12.0. The molecule has 1 aliphatic heterocycles. The highest BCUT2D eigenvalue weighted by Crippen LogP contribution is 2.17. The molecule has 3 nitrogen and oxygen atoms in total. The Morgan fingerprint density at radius 1 is 1.35 bits per heavy atom. The summed E-state index contributed by atoms with van der Waals surface area (Å²) in [7, 11) is 0. The van der Waals surface area contributed by atoms with Crippen LogP contribution in [0.5, 0.6) is 0 Å². The maximum Gasteiger partial charge on any atom is 0.251 e. The van der Waals surface area contributed by atoms with Crippen LogP contribution < -0.4 is 5.32 Å². The highest BCUT2D eigenvalue weighted by molar-refractivity contribution is 6.30. The van der Waals surface area contributed by atoms with Crippen molar-refractivity contribution in [3.05, 3.63) is 34.9 Å². The first kappa shape index (κ1) is 15.3. The van der Waals surface area contributed by atoms with Gasteiger partial charge in [-0.1, -0.05) is 18.5 Å². The van der Waals surface area contributed by atoms with Crippen LogP contribution >= 0.6 is 11.6 Å². The number of nitrogens with one attached hydrogen (secondary N) is 1. The van der Waals surface area contributed by atoms with Crippen molar-refractivity contribution in [1.82, 2.24) is 10.2 Å². The summed E-state index contributed by atoms with van der Waals surface area (Å²) in [5.41, 5.74) is 0.661. The van der Waals surface area contributed by atoms with Gasteiger partial charge in [0.25, 0.3) is 5.91 Å². The van der Waals surface area contributed by atoms with Crippen LogP contribution in [-0.4, -0.2) is 36.5 Å². The Morgan fingerprint density at radius 2 is 1.95 bits per heavy atom. The van der Waals surface area contributed by atoms with E-state index in [1.807, 2.05) is 0 Å². The summed E-state index contributed by atoms with van der Waals surface area (Å²) in [6, 6.07) is 7.38. The summed E-state index contributed by atoms with van der Waals surface area (Å²) in [4.78, 5) is 14.5. The van der Waals surface area contributed by atoms with Crippen LogP contribution in [0.15, 0.2) is 24.3 Å². The average Bonchev–Trinajstić information content (AvgIpc) is 2.46. The van der Waals surface area contributed by atoms with E-state index in [4.69, 9.17) is 11.6 Å². The maximum atomic E-state index is 12.0. The van der Waals surface area contributed by atoms with Crippen molar-refractivity contribution in [3.8, 4) is 0 Å². The molecule has 0 radical (unpaired) electrons. The third-order valence-electron chi connectivity index (χ3n) is 4.11. The normalized spacial score (nSPS) is 18.8. The Hall–Kier alpha value is -1.06. The number of hydrogen-bond donors (Lipinski definition) is 1. The molecule has 110 valence electrons. The quantitative estimate of drug-likeness (QED) is 0.925. The average molecular weight is 295 g/mol. The van der Waals surface area contributed by atoms with Gasteiger partial charge in [0.1, 0.15) is 0 Å². The van der Waals surface area contributed by atoms with Gasteiger partial charge < -0.3 is 5.32 Å². The molecule has 0 spiro atoms. The Balaban J connectivity index is 1.79. The van der Waals surface area contributed by atoms with E-state index in [9.17, 15) is 4.79 Å². The number of carbonyl (C=O) groups excluding carboxylic acids is 1. The molecule has 0 saturated carbocycles. The minimum absolute atomic E-state index is 0.0288. The first-order chi connectivity index (χ1) is 9.56. The summed E-state index contributed by atoms with van der Waals surface area (Å²) in [6.45, 7) is 7.45. The molecule has 0 aromatic heterocycles. The van der Waals surface area contributed by atoms with Crippen LogP contribution in [0.3, 0.4) is 0 Å². The number of piperidine rings is 1. The summed E-state index contributed by atoms with van der Waals surface area (Å²) in [5.74, 6) is 0.806. The van der Waals surface area contributed by atoms with E-state index in [2.05, 4.69) is 24.1 Å². The van der Waals surface area contributed by atoms with E-state index in [1.54, 1.807) is 24.3 Å². The molecular weight excluding hydrogens is 272 g/mol. The van der Waals surface area contributed by atoms with E-state index in [0.29, 0.717) is 23.2 Å². The van der Waals surface area contributed by atoms with Crippen molar-refractivity contribution in [2.24, 2.45) is 5.92 Å². The zero-order valence-electron chi connectivity index (χ0n) is 12.2. The first-order valence-corrected chi connectivity index (χ1v) is 7.72. The zero-order chi connectivity index (χ0) is 14.5. The molecule has 1 amide bonds. The number of hydrogen-bond acceptors (Lipinski definition) is 2. The lowest BCUT2D eigenvalue weighted by Crippen LogP contribution is -2.45. The second kappa shape index (κ2) is 7.09. The van der Waals surface area contributed by atoms with Crippen molar-refractivity contribution in [3.63, 3.8) is 0 Å². The van der Waals surface area contributed by atoms with Gasteiger partial charge in [-0.25, -0.2) is 0 Å². The molecule has 1 unspecified atom stereocenters. The van der Waals surface area contributed by atoms with Gasteiger partial charge in [0.15, 0.2) is 0 Å². The molecule has 2 rings (SSSR count). The molecule has 1 N–H and O–H groups in total. The molecule has 1 saturated heterocycles. The highest BCUT2D eigenvalue weighted by Gasteiger charge is 2.20. The molecule has 1 aliphatic rings. The Bertz CT molecular complexity index is 438. The summed E-state index contributed by atoms with van der Waals surface area (Å²) in [6.07, 6.45) is 2.52. The standard InChI is InChI=1S/C16H23ClN2O/c1-12-7-9-19(10-8-12)13(2)11-18-16(20)14-3-5-15(17)6-4-14/h3-6,12-13H,7-11H2,1-2H3,(H,18,20). The molecular formula is C16H23ClN2O. The summed E-state index contributed by atoms with van der Waals surface area (Å²) >= 11 is 5.82. The van der Waals surface area contributed by atoms with Crippen LogP contribution in [0, 0.1) is 5.92 Å². The Kier molecular flexibility index (Phi) is 5.44. The van der Waals surface area contributed by atoms with Gasteiger partial charge >= 0.3 is 0 Å². The lowest BCUT2D eigenvalue weighted by atomic mass is 9.98. The number of amides is 1. The number of carbonyl (C=O) groups is 1. The van der Waals surface area contributed by atoms with Crippen LogP contribution in [0.1, 0.15) is 37.0 Å². The predicted molar refractivity (Wildman–Crippen MR) is 83.2 cm³/mol. The molecule has 1 fully saturated rings. The van der Waals surface area contributed by atoms with Gasteiger partial charge in [-0.05, 0) is 63.0 Å². The fraction of sp³-hybridized carbons (Fsp3) is 0.562. The van der Waals surface area contributed by atoms with Crippen molar-refractivity contribution in [1.29, 1.82) is 0 Å². The lowest BCUT2D eigenvalue weighted by Gasteiger charge is -2.35. The van der Waals surface area contributed by atoms with Crippen molar-refractivity contribution in [2.45, 2.75) is 32.7 Å². The second-order valence-corrected chi connectivity index (χ2v) is 6.22. The molecule has 1 aromatic rings. The van der Waals surface area contributed by atoms with Crippen molar-refractivity contribution < 1.29 is 4.79 Å². The summed E-state index contributed by atoms with van der Waals surface area (Å²) in [5, 5.41) is 3.65. The number of halogens is 1. The fourth-order valence-corrected chi connectivity index (χ4v) is 2.67. The van der Waals surface area contributed by atoms with E-state index in [1.165, 1.54) is 12.8 Å². The van der Waals surface area contributed by atoms with Gasteiger partial charge in [-0.15, -0.1) is 0 Å². The van der Waals surface area contributed by atoms with Crippen LogP contribution in [0.25, 0.3) is 0 Å². The number of rotatable bonds is 4. The topological polar surface area (TPSA) is 32.3 Å². The van der Waals surface area contributed by atoms with Gasteiger partial charge in [-0.3, -0.25) is 9.69 Å². The molecule has 0 aliphatic carbocycles. The monoisotopic (exact) mass is 294 g/mol. The van der Waals surface area contributed by atoms with Crippen LogP contribution in [-0.2, 0) is 0 Å². The largest absolute Gasteiger partial charge is 0.350 e. The number of nitrogens with zero attached hydrogens (tertiary/aromatic N) is 1. The van der Waals surface area contributed by atoms with Gasteiger partial charge in [0, 0.05) is 23.2 Å². The number of likely N-dealkylation sites (tertiary alicyclic amines) is 1. The Labute approximate surface area is 126 Å². The van der Waals surface area contributed by atoms with Gasteiger partial charge in [0.2, 0.25) is 0 Å². The van der Waals surface area contributed by atoms with Crippen molar-refractivity contribution >= 4 is 17.5 Å². The second-order valence-electron chi connectivity index (χ2n) is 5.78. The van der Waals surface area contributed by atoms with Gasteiger partial charge in [0.05, 0.1) is 0 Å². The minimum Gasteiger partial charge on any atom is -0.350 e. The summed E-state index contributed by atoms with van der Waals surface area (Å²) < 4.78 is 0. The molecule has 1 atom stereocenters. The van der Waals surface area contributed by atoms with Crippen LogP contribution in [0.4, 0.5) is 0 Å². The Morgan fingerprint density at radius 3 is 2.55 bits per heavy atom. The van der Waals surface area contributed by atoms with Crippen LogP contribution in [0.2, 0.25) is 5.02 Å². The van der Waals surface area contributed by atoms with E-state index in [0.717, 1.165) is 19.0 Å². The minimum atomic E-state index is -0.0288. The van der Waals surface area contributed by atoms with E-state index in [-0.39, 0.29) is 5.91 Å². The van der Waals surface area contributed by atoms with E-state index < -0.39 is 0 Å². The predicted octanol–water partition coefficient (Wildman–Crippen LogP) is 3.19. The van der Waals surface area contributed by atoms with Crippen molar-refractivity contribution in [2.75, 3.05) is 19.6 Å². The third kappa shape index (κ3) is 4.22. The van der Waals surface area contributed by atoms with E-state index >= 15 is 0 Å². The molecule has 20 heavy (non-hydrogen) atoms. The molecule has 0 bridgehead atoms. The third-order valence-corrected chi connectivity index (χ3v) is 4.36. The lowest BCUT2D eigenvalue weighted by molar-refractivity contribution is 0.0921. The molecule has 4 heteroatoms. The SMILES string of the molecule is CC1CCN(C(C)CNC(=O)c2ccc(Cl)cc2)CC1.